The van der Waals surface area contributed by atoms with E-state index in [0.29, 0.717) is 83.6 Å². The molecule has 0 aromatic carbocycles. The lowest BCUT2D eigenvalue weighted by atomic mass is 10.1. The Bertz CT molecular complexity index is 4140. The molecule has 0 aromatic rings. The molecule has 0 radical (unpaired) electrons. The fourth-order valence-corrected chi connectivity index (χ4v) is 13.6. The molecular weight excluding hydrogens is 1960 g/mol. The standard InChI is InChI=1S/C98H169N19O32/c1-95(2,3)146-91(134)106-43-21-15-26-70(110-76(119)35-51-116-81(124)31-32-82(116)125)86(129)102-47-57-143-66-62-139-54-38-78(121)112-72(28-17-23-45-108-93(136)148-97(7,8)9)88(131)104-49-59-142-65-61-138-53-37-75(118)101-42-20-14-30-74(90(133)115-69(85(100)128)25-13-19-41-99)114-80(123)40-56-141-64-68-145-60-50-105-89(132)73(29-18-24-46-109-94(137)149-98(10,11)12)113-79(122)39-55-140-63-67-144-58-48-103-87(130)71(27-16-22-44-107-92(135)147-96(4,5)6)111-77(120)36-52-117-83(126)33-34-84(117)127/h31-34,69-74H,13-30,35-68,99H2,1-12H3,(H2,100,128)(H,101,118)(H,102,129)(H,103,130)(H,104,131)(H,105,132)(H,106,134)(H,107,135)(H,108,136)(H,109,137)(H,110,119)(H,111,120)(H,112,121)(H,113,122)(H,114,123)(H,115,133). The van der Waals surface area contributed by atoms with Gasteiger partial charge in [-0.25, -0.2) is 19.2 Å². The summed E-state index contributed by atoms with van der Waals surface area (Å²) in [7, 11) is 0. The van der Waals surface area contributed by atoms with Crippen molar-refractivity contribution in [2.45, 2.75) is 296 Å². The summed E-state index contributed by atoms with van der Waals surface area (Å²) in [5, 5.41) is 40.6. The fourth-order valence-electron chi connectivity index (χ4n) is 13.6. The van der Waals surface area contributed by atoms with Crippen molar-refractivity contribution in [2.75, 3.05) is 184 Å². The van der Waals surface area contributed by atoms with Crippen molar-refractivity contribution in [3.63, 3.8) is 0 Å². The summed E-state index contributed by atoms with van der Waals surface area (Å²) in [6, 6.07) is -6.03. The lowest BCUT2D eigenvalue weighted by Crippen LogP contribution is -2.53. The van der Waals surface area contributed by atoms with Crippen molar-refractivity contribution < 1.29 is 153 Å². The number of hydrogen-bond donors (Lipinski definition) is 17. The van der Waals surface area contributed by atoms with E-state index < -0.39 is 172 Å². The second kappa shape index (κ2) is 77.5. The highest BCUT2D eigenvalue weighted by molar-refractivity contribution is 6.13. The molecule has 6 unspecified atom stereocenters. The van der Waals surface area contributed by atoms with E-state index in [-0.39, 0.29) is 261 Å². The Morgan fingerprint density at radius 1 is 0.248 bits per heavy atom. The number of hydrogen-bond acceptors (Lipinski definition) is 33. The number of nitrogens with one attached hydrogen (secondary N) is 15. The van der Waals surface area contributed by atoms with Crippen LogP contribution in [0.1, 0.15) is 237 Å². The molecule has 0 spiro atoms. The van der Waals surface area contributed by atoms with Gasteiger partial charge >= 0.3 is 24.4 Å². The van der Waals surface area contributed by atoms with E-state index in [9.17, 15) is 95.9 Å². The maximum Gasteiger partial charge on any atom is 0.407 e. The molecule has 51 heteroatoms. The largest absolute Gasteiger partial charge is 0.444 e. The van der Waals surface area contributed by atoms with Gasteiger partial charge in [0.05, 0.1) is 106 Å². The van der Waals surface area contributed by atoms with Gasteiger partial charge < -0.3 is 148 Å². The third-order valence-electron chi connectivity index (χ3n) is 20.9. The van der Waals surface area contributed by atoms with Crippen LogP contribution in [-0.4, -0.2) is 372 Å². The van der Waals surface area contributed by atoms with Crippen molar-refractivity contribution in [3.8, 4) is 0 Å². The van der Waals surface area contributed by atoms with Crippen molar-refractivity contribution in [2.24, 2.45) is 11.5 Å². The van der Waals surface area contributed by atoms with Crippen molar-refractivity contribution in [3.05, 3.63) is 24.3 Å². The molecular formula is C98H169N19O32. The molecule has 2 rings (SSSR count). The SMILES string of the molecule is CC(C)(C)OC(=O)NCCCCC(NC(=O)CCOCCOCCNC(=O)C(CCCCNC(=O)OC(C)(C)C)NC(=O)CCN1C(=O)C=CC1=O)C(=O)NCCOCCOCCC(=O)NCCCCC(NC(=O)CCOCCOCCNC(=O)C(CCCCNC(=O)OC(C)(C)C)NC(=O)CCOCCOCCNC(=O)C(CCCCNC(=O)OC(C)(C)C)NC(=O)CCN1C(=O)C=CC1=O)C(=O)NC(CCCCN)C(N)=O. The van der Waals surface area contributed by atoms with E-state index in [2.05, 4.69) is 79.8 Å². The molecule has 0 saturated carbocycles. The minimum absolute atomic E-state index is 0.00550. The van der Waals surface area contributed by atoms with Gasteiger partial charge in [-0.2, -0.15) is 0 Å². The minimum atomic E-state index is -1.10. The van der Waals surface area contributed by atoms with Crippen LogP contribution >= 0.6 is 0 Å². The van der Waals surface area contributed by atoms with Crippen LogP contribution < -0.4 is 91.2 Å². The maximum absolute atomic E-state index is 13.7. The molecule has 19 N–H and O–H groups in total. The van der Waals surface area contributed by atoms with Gasteiger partial charge in [-0.15, -0.1) is 0 Å². The molecule has 0 aromatic heterocycles. The third kappa shape index (κ3) is 71.5. The van der Waals surface area contributed by atoms with Crippen LogP contribution in [-0.2, 0) is 134 Å². The molecule has 20 amide bonds. The first kappa shape index (κ1) is 133. The predicted molar refractivity (Wildman–Crippen MR) is 541 cm³/mol. The molecule has 848 valence electrons. The zero-order chi connectivity index (χ0) is 111. The number of rotatable bonds is 83. The van der Waals surface area contributed by atoms with Gasteiger partial charge in [-0.3, -0.25) is 86.5 Å². The van der Waals surface area contributed by atoms with E-state index in [1.807, 2.05) is 0 Å². The maximum atomic E-state index is 13.7. The Labute approximate surface area is 873 Å². The quantitative estimate of drug-likeness (QED) is 0.0222. The molecule has 2 aliphatic heterocycles. The van der Waals surface area contributed by atoms with Gasteiger partial charge in [0.15, 0.2) is 0 Å². The number of unbranched alkanes of at least 4 members (excludes halogenated alkanes) is 6. The molecule has 6 atom stereocenters. The average Bonchev–Trinajstić information content (AvgIpc) is 1.72. The highest BCUT2D eigenvalue weighted by atomic mass is 16.6. The first-order valence-corrected chi connectivity index (χ1v) is 51.3. The van der Waals surface area contributed by atoms with Crippen LogP contribution in [0.25, 0.3) is 0 Å². The summed E-state index contributed by atoms with van der Waals surface area (Å²) in [5.41, 5.74) is 8.50. The Morgan fingerprint density at radius 2 is 0.463 bits per heavy atom. The van der Waals surface area contributed by atoms with Crippen LogP contribution in [0.2, 0.25) is 0 Å². The van der Waals surface area contributed by atoms with E-state index in [1.54, 1.807) is 83.1 Å². The molecule has 2 aliphatic rings. The smallest absolute Gasteiger partial charge is 0.407 e. The van der Waals surface area contributed by atoms with Crippen molar-refractivity contribution in [1.29, 1.82) is 0 Å². The lowest BCUT2D eigenvalue weighted by molar-refractivity contribution is -0.139. The summed E-state index contributed by atoms with van der Waals surface area (Å²) < 4.78 is 66.1. The second-order valence-electron chi connectivity index (χ2n) is 38.8. The van der Waals surface area contributed by atoms with Gasteiger partial charge in [0.1, 0.15) is 58.7 Å². The zero-order valence-corrected chi connectivity index (χ0v) is 89.2. The number of imide groups is 2. The lowest BCUT2D eigenvalue weighted by Gasteiger charge is -2.22. The Hall–Kier alpha value is -11.9. The van der Waals surface area contributed by atoms with E-state index in [0.717, 1.165) is 34.1 Å². The normalized spacial score (nSPS) is 13.7. The predicted octanol–water partition coefficient (Wildman–Crippen LogP) is 0.364. The van der Waals surface area contributed by atoms with Crippen LogP contribution in [0.15, 0.2) is 24.3 Å². The first-order chi connectivity index (χ1) is 70.6. The minimum Gasteiger partial charge on any atom is -0.444 e. The fraction of sp³-hybridized carbons (Fsp3) is 0.755. The van der Waals surface area contributed by atoms with Crippen molar-refractivity contribution in [1.82, 2.24) is 89.6 Å². The summed E-state index contributed by atoms with van der Waals surface area (Å²) in [4.78, 5) is 256. The monoisotopic (exact) mass is 2120 g/mol. The molecule has 51 nitrogen and oxygen atoms in total. The highest BCUT2D eigenvalue weighted by Gasteiger charge is 2.32. The van der Waals surface area contributed by atoms with Gasteiger partial charge in [0.2, 0.25) is 70.9 Å². The number of primary amides is 1. The number of nitrogens with zero attached hydrogens (tertiary/aromatic N) is 2. The number of carbonyl (C=O) groups excluding carboxylic acids is 20. The average molecular weight is 2130 g/mol. The van der Waals surface area contributed by atoms with E-state index >= 15 is 0 Å². The highest BCUT2D eigenvalue weighted by Crippen LogP contribution is 2.16. The van der Waals surface area contributed by atoms with Crippen molar-refractivity contribution >= 4 is 119 Å². The first-order valence-electron chi connectivity index (χ1n) is 51.3. The number of ether oxygens (including phenoxy) is 12. The number of carbonyl (C=O) groups is 20. The van der Waals surface area contributed by atoms with Gasteiger partial charge in [0, 0.05) is 135 Å². The van der Waals surface area contributed by atoms with Gasteiger partial charge in [0.25, 0.3) is 23.6 Å². The molecule has 0 aliphatic carbocycles. The summed E-state index contributed by atoms with van der Waals surface area (Å²) in [6.07, 6.45) is 7.69. The Morgan fingerprint density at radius 3 is 0.705 bits per heavy atom. The van der Waals surface area contributed by atoms with Gasteiger partial charge in [-0.05, 0) is 205 Å². The summed E-state index contributed by atoms with van der Waals surface area (Å²) in [5.74, 6) is -8.51. The second-order valence-corrected chi connectivity index (χ2v) is 38.8. The van der Waals surface area contributed by atoms with E-state index in [1.165, 1.54) is 0 Å². The molecule has 0 bridgehead atoms. The van der Waals surface area contributed by atoms with Crippen LogP contribution in [0.3, 0.4) is 0 Å². The van der Waals surface area contributed by atoms with E-state index in [4.69, 9.17) is 68.3 Å². The zero-order valence-electron chi connectivity index (χ0n) is 89.2. The van der Waals surface area contributed by atoms with Crippen LogP contribution in [0.4, 0.5) is 19.2 Å². The number of amides is 20. The molecule has 0 saturated heterocycles. The number of nitrogens with two attached hydrogens (primary N) is 2. The summed E-state index contributed by atoms with van der Waals surface area (Å²) in [6.45, 7) is 23.1. The third-order valence-corrected chi connectivity index (χ3v) is 20.9. The summed E-state index contributed by atoms with van der Waals surface area (Å²) >= 11 is 0. The van der Waals surface area contributed by atoms with Crippen LogP contribution in [0.5, 0.6) is 0 Å². The Kier molecular flexibility index (Phi) is 69.2. The number of alkyl carbamates (subject to hydrolysis) is 4. The Balaban J connectivity index is 1.83. The molecule has 0 fully saturated rings. The van der Waals surface area contributed by atoms with Crippen LogP contribution in [0, 0.1) is 0 Å². The molecule has 2 heterocycles. The van der Waals surface area contributed by atoms with Gasteiger partial charge in [-0.1, -0.05) is 0 Å². The topological polar surface area (TPSA) is 691 Å². The molecule has 149 heavy (non-hydrogen) atoms.